The Morgan fingerprint density at radius 1 is 1.64 bits per heavy atom. The van der Waals surface area contributed by atoms with Gasteiger partial charge in [-0.05, 0) is 13.0 Å². The van der Waals surface area contributed by atoms with Gasteiger partial charge in [0, 0.05) is 11.8 Å². The average molecular weight is 149 g/mol. The number of nitrogens with zero attached hydrogens (tertiary/aromatic N) is 1. The quantitative estimate of drug-likeness (QED) is 0.613. The summed E-state index contributed by atoms with van der Waals surface area (Å²) in [6, 6.07) is 5.68. The average Bonchev–Trinajstić information content (AvgIpc) is 2.01. The molecular formula is C9H11NO. The monoisotopic (exact) mass is 149 g/mol. The number of rotatable bonds is 3. The molecule has 11 heavy (non-hydrogen) atoms. The number of ether oxygens (including phenoxy) is 1. The summed E-state index contributed by atoms with van der Waals surface area (Å²) in [6.07, 6.45) is 1.70. The van der Waals surface area contributed by atoms with Crippen LogP contribution in [0, 0.1) is 6.92 Å². The van der Waals surface area contributed by atoms with Gasteiger partial charge in [-0.25, -0.2) is 4.98 Å². The van der Waals surface area contributed by atoms with Crippen LogP contribution in [0.5, 0.6) is 5.88 Å². The van der Waals surface area contributed by atoms with Crippen LogP contribution >= 0.6 is 0 Å². The molecule has 2 nitrogen and oxygen atoms in total. The number of pyridine rings is 1. The van der Waals surface area contributed by atoms with E-state index in [2.05, 4.69) is 11.6 Å². The lowest BCUT2D eigenvalue weighted by Gasteiger charge is -2.01. The molecule has 0 aliphatic rings. The van der Waals surface area contributed by atoms with E-state index < -0.39 is 0 Å². The molecule has 1 rings (SSSR count). The number of aromatic nitrogens is 1. The molecule has 0 atom stereocenters. The molecule has 0 aromatic carbocycles. The van der Waals surface area contributed by atoms with E-state index >= 15 is 0 Å². The van der Waals surface area contributed by atoms with Gasteiger partial charge in [-0.15, -0.1) is 0 Å². The number of aryl methyl sites for hydroxylation is 1. The maximum absolute atomic E-state index is 5.21. The summed E-state index contributed by atoms with van der Waals surface area (Å²) in [5.41, 5.74) is 0.964. The standard InChI is InChI=1S/C9H11NO/c1-3-7-11-9-6-4-5-8(2)10-9/h3-6H,1,7H2,2H3. The fraction of sp³-hybridized carbons (Fsp3) is 0.222. The van der Waals surface area contributed by atoms with Crippen LogP contribution in [0.4, 0.5) is 0 Å². The first-order valence-corrected chi connectivity index (χ1v) is 3.50. The Hall–Kier alpha value is -1.31. The predicted molar refractivity (Wildman–Crippen MR) is 44.7 cm³/mol. The van der Waals surface area contributed by atoms with Crippen LogP contribution in [0.25, 0.3) is 0 Å². The first-order chi connectivity index (χ1) is 5.33. The zero-order chi connectivity index (χ0) is 8.10. The van der Waals surface area contributed by atoms with E-state index in [1.54, 1.807) is 6.08 Å². The third-order valence-electron chi connectivity index (χ3n) is 1.21. The first-order valence-electron chi connectivity index (χ1n) is 3.50. The molecule has 0 N–H and O–H groups in total. The van der Waals surface area contributed by atoms with Gasteiger partial charge in [-0.1, -0.05) is 18.7 Å². The van der Waals surface area contributed by atoms with Crippen molar-refractivity contribution >= 4 is 0 Å². The Balaban J connectivity index is 2.63. The summed E-state index contributed by atoms with van der Waals surface area (Å²) in [5, 5.41) is 0. The molecule has 0 unspecified atom stereocenters. The molecule has 0 aliphatic heterocycles. The molecule has 0 spiro atoms. The van der Waals surface area contributed by atoms with Gasteiger partial charge >= 0.3 is 0 Å². The highest BCUT2D eigenvalue weighted by Gasteiger charge is 1.91. The van der Waals surface area contributed by atoms with Crippen LogP contribution < -0.4 is 4.74 Å². The maximum Gasteiger partial charge on any atom is 0.213 e. The van der Waals surface area contributed by atoms with Gasteiger partial charge in [0.2, 0.25) is 5.88 Å². The highest BCUT2D eigenvalue weighted by atomic mass is 16.5. The zero-order valence-electron chi connectivity index (χ0n) is 6.58. The second kappa shape index (κ2) is 3.76. The Morgan fingerprint density at radius 2 is 2.45 bits per heavy atom. The van der Waals surface area contributed by atoms with E-state index in [0.29, 0.717) is 12.5 Å². The van der Waals surface area contributed by atoms with Crippen molar-refractivity contribution in [3.05, 3.63) is 36.5 Å². The minimum atomic E-state index is 0.510. The molecule has 0 aliphatic carbocycles. The van der Waals surface area contributed by atoms with Crippen molar-refractivity contribution in [1.29, 1.82) is 0 Å². The minimum absolute atomic E-state index is 0.510. The largest absolute Gasteiger partial charge is 0.473 e. The van der Waals surface area contributed by atoms with Crippen LogP contribution in [0.15, 0.2) is 30.9 Å². The molecule has 0 saturated heterocycles. The molecule has 1 heterocycles. The van der Waals surface area contributed by atoms with Gasteiger partial charge in [0.05, 0.1) is 0 Å². The van der Waals surface area contributed by atoms with Crippen molar-refractivity contribution < 1.29 is 4.74 Å². The summed E-state index contributed by atoms with van der Waals surface area (Å²) in [6.45, 7) is 5.99. The van der Waals surface area contributed by atoms with E-state index in [4.69, 9.17) is 4.74 Å². The number of hydrogen-bond acceptors (Lipinski definition) is 2. The molecule has 2 heteroatoms. The van der Waals surface area contributed by atoms with Gasteiger partial charge < -0.3 is 4.74 Å². The lowest BCUT2D eigenvalue weighted by molar-refractivity contribution is 0.348. The Bertz CT molecular complexity index is 245. The van der Waals surface area contributed by atoms with Gasteiger partial charge in [0.25, 0.3) is 0 Å². The smallest absolute Gasteiger partial charge is 0.213 e. The van der Waals surface area contributed by atoms with Crippen molar-refractivity contribution in [2.45, 2.75) is 6.92 Å². The lowest BCUT2D eigenvalue weighted by atomic mass is 10.4. The fourth-order valence-corrected chi connectivity index (χ4v) is 0.743. The van der Waals surface area contributed by atoms with E-state index in [-0.39, 0.29) is 0 Å². The molecule has 58 valence electrons. The van der Waals surface area contributed by atoms with E-state index in [1.165, 1.54) is 0 Å². The SMILES string of the molecule is C=CCOc1cccc(C)n1. The van der Waals surface area contributed by atoms with E-state index in [9.17, 15) is 0 Å². The van der Waals surface area contributed by atoms with Gasteiger partial charge in [0.1, 0.15) is 6.61 Å². The lowest BCUT2D eigenvalue weighted by Crippen LogP contribution is -1.95. The van der Waals surface area contributed by atoms with Crippen LogP contribution in [0.1, 0.15) is 5.69 Å². The highest BCUT2D eigenvalue weighted by molar-refractivity contribution is 5.14. The van der Waals surface area contributed by atoms with Crippen LogP contribution in [0.2, 0.25) is 0 Å². The van der Waals surface area contributed by atoms with Crippen molar-refractivity contribution in [3.8, 4) is 5.88 Å². The van der Waals surface area contributed by atoms with Crippen molar-refractivity contribution in [2.24, 2.45) is 0 Å². The van der Waals surface area contributed by atoms with Gasteiger partial charge in [-0.3, -0.25) is 0 Å². The van der Waals surface area contributed by atoms with E-state index in [1.807, 2.05) is 25.1 Å². The summed E-state index contributed by atoms with van der Waals surface area (Å²) >= 11 is 0. The second-order valence-electron chi connectivity index (χ2n) is 2.22. The third-order valence-corrected chi connectivity index (χ3v) is 1.21. The zero-order valence-corrected chi connectivity index (χ0v) is 6.58. The molecule has 0 fully saturated rings. The summed E-state index contributed by atoms with van der Waals surface area (Å²) in [4.78, 5) is 4.14. The summed E-state index contributed by atoms with van der Waals surface area (Å²) < 4.78 is 5.21. The number of hydrogen-bond donors (Lipinski definition) is 0. The van der Waals surface area contributed by atoms with Crippen LogP contribution in [-0.4, -0.2) is 11.6 Å². The second-order valence-corrected chi connectivity index (χ2v) is 2.22. The van der Waals surface area contributed by atoms with Crippen LogP contribution in [0.3, 0.4) is 0 Å². The molecule has 1 aromatic rings. The summed E-state index contributed by atoms with van der Waals surface area (Å²) in [7, 11) is 0. The fourth-order valence-electron chi connectivity index (χ4n) is 0.743. The molecule has 0 saturated carbocycles. The predicted octanol–water partition coefficient (Wildman–Crippen LogP) is 1.95. The summed E-state index contributed by atoms with van der Waals surface area (Å²) in [5.74, 6) is 0.657. The minimum Gasteiger partial charge on any atom is -0.473 e. The third kappa shape index (κ3) is 2.42. The Morgan fingerprint density at radius 3 is 3.09 bits per heavy atom. The Labute approximate surface area is 66.5 Å². The molecule has 0 radical (unpaired) electrons. The first kappa shape index (κ1) is 7.79. The molecule has 1 aromatic heterocycles. The van der Waals surface area contributed by atoms with Gasteiger partial charge in [0.15, 0.2) is 0 Å². The van der Waals surface area contributed by atoms with Gasteiger partial charge in [-0.2, -0.15) is 0 Å². The normalized spacial score (nSPS) is 9.18. The van der Waals surface area contributed by atoms with E-state index in [0.717, 1.165) is 5.69 Å². The Kier molecular flexibility index (Phi) is 2.66. The van der Waals surface area contributed by atoms with Crippen LogP contribution in [-0.2, 0) is 0 Å². The molecular weight excluding hydrogens is 138 g/mol. The highest BCUT2D eigenvalue weighted by Crippen LogP contribution is 2.05. The molecule has 0 bridgehead atoms. The topological polar surface area (TPSA) is 22.1 Å². The van der Waals surface area contributed by atoms with Crippen molar-refractivity contribution in [1.82, 2.24) is 4.98 Å². The van der Waals surface area contributed by atoms with Crippen molar-refractivity contribution in [2.75, 3.05) is 6.61 Å². The molecule has 0 amide bonds. The van der Waals surface area contributed by atoms with Crippen molar-refractivity contribution in [3.63, 3.8) is 0 Å². The maximum atomic E-state index is 5.21.